The molecule has 0 radical (unpaired) electrons. The lowest BCUT2D eigenvalue weighted by Crippen LogP contribution is -2.08. The van der Waals surface area contributed by atoms with Gasteiger partial charge in [-0.2, -0.15) is 8.78 Å². The van der Waals surface area contributed by atoms with Crippen LogP contribution in [0.3, 0.4) is 0 Å². The van der Waals surface area contributed by atoms with Crippen LogP contribution in [0.15, 0.2) is 51.4 Å². The Morgan fingerprint density at radius 1 is 0.967 bits per heavy atom. The van der Waals surface area contributed by atoms with E-state index in [2.05, 4.69) is 30.7 Å². The van der Waals surface area contributed by atoms with Crippen LogP contribution in [-0.4, -0.2) is 36.6 Å². The molecule has 0 saturated heterocycles. The maximum atomic E-state index is 12.5. The van der Waals surface area contributed by atoms with Crippen LogP contribution in [0.1, 0.15) is 23.8 Å². The second kappa shape index (κ2) is 8.03. The van der Waals surface area contributed by atoms with E-state index in [9.17, 15) is 13.6 Å². The number of benzene rings is 1. The molecule has 0 aliphatic rings. The van der Waals surface area contributed by atoms with E-state index in [-0.39, 0.29) is 17.6 Å². The average Bonchev–Trinajstić information content (AvgIpc) is 3.39. The summed E-state index contributed by atoms with van der Waals surface area (Å²) in [5.74, 6) is 0.0386. The summed E-state index contributed by atoms with van der Waals surface area (Å²) < 4.78 is 35.6. The van der Waals surface area contributed by atoms with Crippen molar-refractivity contribution in [1.82, 2.24) is 25.4 Å². The Kier molecular flexibility index (Phi) is 5.11. The molecule has 0 fully saturated rings. The predicted molar refractivity (Wildman–Crippen MR) is 96.7 cm³/mol. The number of pyridine rings is 1. The first kappa shape index (κ1) is 19.1. The maximum Gasteiger partial charge on any atom is 0.410 e. The zero-order chi connectivity index (χ0) is 21.1. The number of halogens is 2. The number of aromatic nitrogens is 5. The summed E-state index contributed by atoms with van der Waals surface area (Å²) in [6, 6.07) is 9.89. The molecule has 0 atom stereocenters. The minimum atomic E-state index is -2.82. The van der Waals surface area contributed by atoms with E-state index in [1.165, 1.54) is 12.3 Å². The Balaban J connectivity index is 1.43. The molecule has 3 aromatic heterocycles. The number of hydrogen-bond donors (Lipinski definition) is 2. The first-order chi connectivity index (χ1) is 14.5. The quantitative estimate of drug-likeness (QED) is 0.482. The minimum Gasteiger partial charge on any atom is -0.465 e. The number of rotatable bonds is 6. The molecule has 30 heavy (non-hydrogen) atoms. The number of nitrogens with zero attached hydrogens (tertiary/aromatic N) is 5. The molecule has 0 bridgehead atoms. The lowest BCUT2D eigenvalue weighted by Gasteiger charge is -2.00. The second-order valence-corrected chi connectivity index (χ2v) is 5.98. The number of hydrogen-bond acceptors (Lipinski definition) is 8. The van der Waals surface area contributed by atoms with E-state index < -0.39 is 18.4 Å². The minimum absolute atomic E-state index is 0.00487. The fraction of sp³-hybridized carbons (Fsp3) is 0.111. The van der Waals surface area contributed by atoms with E-state index in [0.29, 0.717) is 23.4 Å². The zero-order valence-corrected chi connectivity index (χ0v) is 15.0. The molecule has 12 heteroatoms. The summed E-state index contributed by atoms with van der Waals surface area (Å²) >= 11 is 0. The van der Waals surface area contributed by atoms with Crippen LogP contribution in [0.5, 0.6) is 0 Å². The van der Waals surface area contributed by atoms with Crippen molar-refractivity contribution in [2.24, 2.45) is 0 Å². The van der Waals surface area contributed by atoms with Crippen molar-refractivity contribution in [2.75, 3.05) is 5.32 Å². The standard InChI is InChI=1S/C18H12F2N6O4/c19-14(20)17-26-25-15(30-17)10-3-1-9(2-4-10)7-13-23-24-16(29-13)11-5-6-12(21-8-11)22-18(27)28/h1-6,8,14H,7H2,(H,21,22)(H,27,28). The topological polar surface area (TPSA) is 140 Å². The van der Waals surface area contributed by atoms with Gasteiger partial charge in [0.15, 0.2) is 0 Å². The summed E-state index contributed by atoms with van der Waals surface area (Å²) in [6.07, 6.45) is -2.28. The van der Waals surface area contributed by atoms with Gasteiger partial charge < -0.3 is 13.9 Å². The van der Waals surface area contributed by atoms with Gasteiger partial charge >= 0.3 is 12.5 Å². The Labute approximate surface area is 166 Å². The van der Waals surface area contributed by atoms with Crippen LogP contribution in [0.2, 0.25) is 0 Å². The number of nitrogens with one attached hydrogen (secondary N) is 1. The Bertz CT molecular complexity index is 1160. The number of amides is 1. The molecule has 1 amide bonds. The highest BCUT2D eigenvalue weighted by molar-refractivity contribution is 5.81. The molecule has 0 aliphatic heterocycles. The lowest BCUT2D eigenvalue weighted by atomic mass is 10.1. The zero-order valence-electron chi connectivity index (χ0n) is 15.0. The molecule has 0 unspecified atom stereocenters. The second-order valence-electron chi connectivity index (χ2n) is 5.98. The molecular weight excluding hydrogens is 402 g/mol. The van der Waals surface area contributed by atoms with Gasteiger partial charge in [-0.1, -0.05) is 12.1 Å². The van der Waals surface area contributed by atoms with Crippen LogP contribution in [0.4, 0.5) is 19.4 Å². The third-order valence-corrected chi connectivity index (χ3v) is 3.90. The van der Waals surface area contributed by atoms with Crippen LogP contribution in [0, 0.1) is 0 Å². The smallest absolute Gasteiger partial charge is 0.410 e. The third-order valence-electron chi connectivity index (χ3n) is 3.90. The van der Waals surface area contributed by atoms with E-state index in [4.69, 9.17) is 13.9 Å². The Morgan fingerprint density at radius 3 is 2.30 bits per heavy atom. The van der Waals surface area contributed by atoms with E-state index in [1.54, 1.807) is 30.3 Å². The van der Waals surface area contributed by atoms with E-state index in [1.807, 2.05) is 0 Å². The summed E-state index contributed by atoms with van der Waals surface area (Å²) in [5.41, 5.74) is 1.87. The maximum absolute atomic E-state index is 12.5. The highest BCUT2D eigenvalue weighted by atomic mass is 19.3. The summed E-state index contributed by atoms with van der Waals surface area (Å²) in [7, 11) is 0. The Hall–Kier alpha value is -4.22. The van der Waals surface area contributed by atoms with Gasteiger partial charge in [-0.15, -0.1) is 20.4 Å². The molecule has 0 spiro atoms. The summed E-state index contributed by atoms with van der Waals surface area (Å²) in [4.78, 5) is 14.5. The van der Waals surface area contributed by atoms with Crippen molar-refractivity contribution in [2.45, 2.75) is 12.8 Å². The van der Waals surface area contributed by atoms with Crippen molar-refractivity contribution in [3.8, 4) is 22.9 Å². The third kappa shape index (κ3) is 4.27. The van der Waals surface area contributed by atoms with Gasteiger partial charge in [-0.05, 0) is 29.8 Å². The largest absolute Gasteiger partial charge is 0.465 e. The van der Waals surface area contributed by atoms with Gasteiger partial charge in [0.2, 0.25) is 17.7 Å². The normalized spacial score (nSPS) is 11.0. The number of anilines is 1. The fourth-order valence-corrected chi connectivity index (χ4v) is 2.52. The first-order valence-corrected chi connectivity index (χ1v) is 8.47. The summed E-state index contributed by atoms with van der Waals surface area (Å²) in [6.45, 7) is 0. The van der Waals surface area contributed by atoms with Gasteiger partial charge in [0.25, 0.3) is 5.89 Å². The SMILES string of the molecule is O=C(O)Nc1ccc(-c2nnc(Cc3ccc(-c4nnc(C(F)F)o4)cc3)o2)cn1. The number of alkyl halides is 2. The first-order valence-electron chi connectivity index (χ1n) is 8.47. The van der Waals surface area contributed by atoms with Crippen LogP contribution in [-0.2, 0) is 6.42 Å². The molecule has 10 nitrogen and oxygen atoms in total. The number of carboxylic acid groups (broad SMARTS) is 1. The van der Waals surface area contributed by atoms with Gasteiger partial charge in [0.05, 0.1) is 12.0 Å². The van der Waals surface area contributed by atoms with Crippen LogP contribution in [0.25, 0.3) is 22.9 Å². The molecule has 0 aliphatic carbocycles. The van der Waals surface area contributed by atoms with Crippen molar-refractivity contribution in [3.63, 3.8) is 0 Å². The van der Waals surface area contributed by atoms with Gasteiger partial charge in [-0.25, -0.2) is 9.78 Å². The van der Waals surface area contributed by atoms with E-state index in [0.717, 1.165) is 5.56 Å². The lowest BCUT2D eigenvalue weighted by molar-refractivity contribution is 0.116. The van der Waals surface area contributed by atoms with Gasteiger partial charge in [0.1, 0.15) is 5.82 Å². The van der Waals surface area contributed by atoms with Crippen molar-refractivity contribution in [1.29, 1.82) is 0 Å². The molecule has 3 heterocycles. The van der Waals surface area contributed by atoms with Crippen LogP contribution < -0.4 is 5.32 Å². The Morgan fingerprint density at radius 2 is 1.67 bits per heavy atom. The monoisotopic (exact) mass is 414 g/mol. The molecular formula is C18H12F2N6O4. The molecule has 2 N–H and O–H groups in total. The summed E-state index contributed by atoms with van der Waals surface area (Å²) in [5, 5.41) is 25.6. The molecule has 4 rings (SSSR count). The van der Waals surface area contributed by atoms with E-state index >= 15 is 0 Å². The van der Waals surface area contributed by atoms with Crippen molar-refractivity contribution >= 4 is 11.9 Å². The van der Waals surface area contributed by atoms with Gasteiger partial charge in [0, 0.05) is 11.8 Å². The number of carbonyl (C=O) groups is 1. The molecule has 4 aromatic rings. The average molecular weight is 414 g/mol. The van der Waals surface area contributed by atoms with Crippen molar-refractivity contribution < 1.29 is 27.5 Å². The molecule has 1 aromatic carbocycles. The fourth-order valence-electron chi connectivity index (χ4n) is 2.52. The molecule has 152 valence electrons. The highest BCUT2D eigenvalue weighted by Crippen LogP contribution is 2.24. The predicted octanol–water partition coefficient (Wildman–Crippen LogP) is 3.80. The highest BCUT2D eigenvalue weighted by Gasteiger charge is 2.17. The van der Waals surface area contributed by atoms with Crippen LogP contribution >= 0.6 is 0 Å². The van der Waals surface area contributed by atoms with Gasteiger partial charge in [-0.3, -0.25) is 5.32 Å². The molecule has 0 saturated carbocycles. The van der Waals surface area contributed by atoms with Crippen molar-refractivity contribution in [3.05, 3.63) is 59.9 Å².